The molecule has 0 N–H and O–H groups in total. The molecule has 0 saturated heterocycles. The summed E-state index contributed by atoms with van der Waals surface area (Å²) in [7, 11) is 0. The number of halogens is 3. The first-order chi connectivity index (χ1) is 12.5. The van der Waals surface area contributed by atoms with Crippen molar-refractivity contribution in [2.75, 3.05) is 5.75 Å². The Morgan fingerprint density at radius 1 is 1.08 bits per heavy atom. The van der Waals surface area contributed by atoms with Crippen molar-refractivity contribution < 1.29 is 17.9 Å². The van der Waals surface area contributed by atoms with Crippen LogP contribution in [0.15, 0.2) is 78.6 Å². The summed E-state index contributed by atoms with van der Waals surface area (Å²) in [5, 5.41) is 0.730. The Morgan fingerprint density at radius 2 is 1.77 bits per heavy atom. The summed E-state index contributed by atoms with van der Waals surface area (Å²) in [6.45, 7) is 3.71. The normalized spacial score (nSPS) is 11.3. The number of benzene rings is 2. The molecule has 134 valence electrons. The zero-order valence-electron chi connectivity index (χ0n) is 13.6. The highest BCUT2D eigenvalue weighted by atomic mass is 32.2. The fraction of sp³-hybridized carbons (Fsp3) is 0.105. The van der Waals surface area contributed by atoms with Crippen LogP contribution < -0.4 is 4.74 Å². The molecule has 26 heavy (non-hydrogen) atoms. The molecule has 7 heteroatoms. The lowest BCUT2D eigenvalue weighted by molar-refractivity contribution is -0.274. The zero-order chi connectivity index (χ0) is 18.6. The van der Waals surface area contributed by atoms with E-state index in [0.29, 0.717) is 11.4 Å². The quantitative estimate of drug-likeness (QED) is 0.407. The maximum Gasteiger partial charge on any atom is 0.573 e. The minimum atomic E-state index is -4.71. The fourth-order valence-electron chi connectivity index (χ4n) is 2.43. The Balaban J connectivity index is 2.01. The van der Waals surface area contributed by atoms with Gasteiger partial charge in [-0.2, -0.15) is 0 Å². The predicted molar refractivity (Wildman–Crippen MR) is 96.6 cm³/mol. The molecule has 0 bridgehead atoms. The molecule has 2 aromatic carbocycles. The van der Waals surface area contributed by atoms with Gasteiger partial charge in [0.05, 0.1) is 11.9 Å². The number of thioether (sulfide) groups is 1. The fourth-order valence-corrected chi connectivity index (χ4v) is 3.16. The Bertz CT molecular complexity index is 874. The van der Waals surface area contributed by atoms with E-state index in [-0.39, 0.29) is 5.75 Å². The van der Waals surface area contributed by atoms with Gasteiger partial charge in [0.1, 0.15) is 5.75 Å². The van der Waals surface area contributed by atoms with Gasteiger partial charge >= 0.3 is 6.36 Å². The zero-order valence-corrected chi connectivity index (χ0v) is 14.4. The standard InChI is InChI=1S/C19H15F3N2OS/c1-2-12-26-18-23-13-17(14-6-4-3-5-7-14)24(18)15-8-10-16(11-9-15)25-19(20,21)22/h2-11,13H,1,12H2. The third-order valence-electron chi connectivity index (χ3n) is 3.46. The van der Waals surface area contributed by atoms with E-state index in [1.54, 1.807) is 24.4 Å². The Kier molecular flexibility index (Phi) is 5.37. The summed E-state index contributed by atoms with van der Waals surface area (Å²) < 4.78 is 42.9. The van der Waals surface area contributed by atoms with E-state index in [2.05, 4.69) is 16.3 Å². The molecule has 0 aliphatic heterocycles. The smallest absolute Gasteiger partial charge is 0.406 e. The summed E-state index contributed by atoms with van der Waals surface area (Å²) in [4.78, 5) is 4.46. The molecular weight excluding hydrogens is 361 g/mol. The minimum Gasteiger partial charge on any atom is -0.406 e. The van der Waals surface area contributed by atoms with Gasteiger partial charge in [-0.05, 0) is 24.3 Å². The van der Waals surface area contributed by atoms with Crippen LogP contribution in [-0.2, 0) is 0 Å². The summed E-state index contributed by atoms with van der Waals surface area (Å²) >= 11 is 1.49. The first-order valence-electron chi connectivity index (χ1n) is 7.71. The SMILES string of the molecule is C=CCSc1ncc(-c2ccccc2)n1-c1ccc(OC(F)(F)F)cc1. The molecule has 0 fully saturated rings. The first-order valence-corrected chi connectivity index (χ1v) is 8.69. The van der Waals surface area contributed by atoms with Gasteiger partial charge < -0.3 is 4.74 Å². The topological polar surface area (TPSA) is 27.1 Å². The maximum atomic E-state index is 12.4. The molecule has 0 saturated carbocycles. The van der Waals surface area contributed by atoms with Crippen LogP contribution in [0.2, 0.25) is 0 Å². The van der Waals surface area contributed by atoms with Crippen LogP contribution in [0.4, 0.5) is 13.2 Å². The van der Waals surface area contributed by atoms with Crippen LogP contribution in [0, 0.1) is 0 Å². The molecule has 0 atom stereocenters. The monoisotopic (exact) mass is 376 g/mol. The van der Waals surface area contributed by atoms with Crippen LogP contribution in [0.5, 0.6) is 5.75 Å². The lowest BCUT2D eigenvalue weighted by atomic mass is 10.1. The van der Waals surface area contributed by atoms with E-state index in [1.807, 2.05) is 34.9 Å². The largest absolute Gasteiger partial charge is 0.573 e. The first kappa shape index (κ1) is 18.1. The van der Waals surface area contributed by atoms with Crippen molar-refractivity contribution in [2.45, 2.75) is 11.5 Å². The van der Waals surface area contributed by atoms with E-state index in [9.17, 15) is 13.2 Å². The van der Waals surface area contributed by atoms with Crippen molar-refractivity contribution >= 4 is 11.8 Å². The second-order valence-corrected chi connectivity index (χ2v) is 6.26. The van der Waals surface area contributed by atoms with Gasteiger partial charge in [0, 0.05) is 17.0 Å². The second-order valence-electron chi connectivity index (χ2n) is 5.27. The Labute approximate surface area is 153 Å². The van der Waals surface area contributed by atoms with Crippen LogP contribution in [0.3, 0.4) is 0 Å². The lowest BCUT2D eigenvalue weighted by Gasteiger charge is -2.13. The maximum absolute atomic E-state index is 12.4. The van der Waals surface area contributed by atoms with Gasteiger partial charge in [-0.25, -0.2) is 4.98 Å². The number of alkyl halides is 3. The molecule has 0 unspecified atom stereocenters. The number of hydrogen-bond acceptors (Lipinski definition) is 3. The molecule has 3 aromatic rings. The Morgan fingerprint density at radius 3 is 2.38 bits per heavy atom. The third kappa shape index (κ3) is 4.29. The average Bonchev–Trinajstić information content (AvgIpc) is 3.04. The molecular formula is C19H15F3N2OS. The van der Waals surface area contributed by atoms with Gasteiger partial charge in [-0.1, -0.05) is 48.2 Å². The van der Waals surface area contributed by atoms with Crippen LogP contribution in [0.1, 0.15) is 0 Å². The molecule has 0 amide bonds. The molecule has 1 aromatic heterocycles. The van der Waals surface area contributed by atoms with Gasteiger partial charge in [-0.15, -0.1) is 19.8 Å². The van der Waals surface area contributed by atoms with Gasteiger partial charge in [0.25, 0.3) is 0 Å². The van der Waals surface area contributed by atoms with Crippen molar-refractivity contribution in [3.05, 3.63) is 73.4 Å². The molecule has 0 radical (unpaired) electrons. The third-order valence-corrected chi connectivity index (χ3v) is 4.41. The number of nitrogens with zero attached hydrogens (tertiary/aromatic N) is 2. The second kappa shape index (κ2) is 7.70. The molecule has 0 aliphatic rings. The number of ether oxygens (including phenoxy) is 1. The van der Waals surface area contributed by atoms with Crippen LogP contribution in [-0.4, -0.2) is 21.7 Å². The van der Waals surface area contributed by atoms with Crippen molar-refractivity contribution in [1.82, 2.24) is 9.55 Å². The van der Waals surface area contributed by atoms with Gasteiger partial charge in [-0.3, -0.25) is 4.57 Å². The number of rotatable bonds is 6. The van der Waals surface area contributed by atoms with E-state index >= 15 is 0 Å². The number of aromatic nitrogens is 2. The highest BCUT2D eigenvalue weighted by Gasteiger charge is 2.31. The predicted octanol–water partition coefficient (Wildman–Crippen LogP) is 5.72. The summed E-state index contributed by atoms with van der Waals surface area (Å²) in [5.41, 5.74) is 2.50. The van der Waals surface area contributed by atoms with Gasteiger partial charge in [0.2, 0.25) is 0 Å². The van der Waals surface area contributed by atoms with Crippen molar-refractivity contribution in [3.63, 3.8) is 0 Å². The van der Waals surface area contributed by atoms with Crippen molar-refractivity contribution in [1.29, 1.82) is 0 Å². The molecule has 1 heterocycles. The average molecular weight is 376 g/mol. The van der Waals surface area contributed by atoms with Crippen molar-refractivity contribution in [2.24, 2.45) is 0 Å². The lowest BCUT2D eigenvalue weighted by Crippen LogP contribution is -2.17. The van der Waals surface area contributed by atoms with Crippen LogP contribution >= 0.6 is 11.8 Å². The summed E-state index contributed by atoms with van der Waals surface area (Å²) in [6, 6.07) is 15.4. The Hall–Kier alpha value is -2.67. The van der Waals surface area contributed by atoms with E-state index < -0.39 is 6.36 Å². The highest BCUT2D eigenvalue weighted by Crippen LogP contribution is 2.31. The summed E-state index contributed by atoms with van der Waals surface area (Å²) in [6.07, 6.45) is -1.19. The molecule has 0 aliphatic carbocycles. The number of imidazole rings is 1. The number of hydrogen-bond donors (Lipinski definition) is 0. The summed E-state index contributed by atoms with van der Waals surface area (Å²) in [5.74, 6) is 0.406. The van der Waals surface area contributed by atoms with Crippen LogP contribution in [0.25, 0.3) is 16.9 Å². The van der Waals surface area contributed by atoms with E-state index in [0.717, 1.165) is 16.4 Å². The minimum absolute atomic E-state index is 0.261. The molecule has 3 rings (SSSR count). The molecule has 3 nitrogen and oxygen atoms in total. The van der Waals surface area contributed by atoms with Gasteiger partial charge in [0.15, 0.2) is 5.16 Å². The van der Waals surface area contributed by atoms with E-state index in [4.69, 9.17) is 0 Å². The highest BCUT2D eigenvalue weighted by molar-refractivity contribution is 7.99. The van der Waals surface area contributed by atoms with E-state index in [1.165, 1.54) is 23.9 Å². The van der Waals surface area contributed by atoms with Crippen molar-refractivity contribution in [3.8, 4) is 22.7 Å². The molecule has 0 spiro atoms.